The molecule has 0 bridgehead atoms. The fraction of sp³-hybridized carbons (Fsp3) is 0.444. The molecule has 0 rings (SSSR count). The Morgan fingerprint density at radius 2 is 1.93 bits per heavy atom. The van der Waals surface area contributed by atoms with Gasteiger partial charge in [0.25, 0.3) is 0 Å². The van der Waals surface area contributed by atoms with Crippen molar-refractivity contribution in [3.05, 3.63) is 11.4 Å². The zero-order valence-corrected chi connectivity index (χ0v) is 8.57. The highest BCUT2D eigenvalue weighted by Gasteiger charge is 2.04. The molecule has 0 heterocycles. The highest BCUT2D eigenvalue weighted by atomic mass is 15.1. The van der Waals surface area contributed by atoms with E-state index in [1.807, 2.05) is 21.0 Å². The molecule has 0 aliphatic heterocycles. The van der Waals surface area contributed by atoms with Crippen LogP contribution in [0.3, 0.4) is 0 Å². The summed E-state index contributed by atoms with van der Waals surface area (Å²) >= 11 is 0. The van der Waals surface area contributed by atoms with E-state index in [9.17, 15) is 0 Å². The summed E-state index contributed by atoms with van der Waals surface area (Å²) in [5.74, 6) is 0.708. The lowest BCUT2D eigenvalue weighted by atomic mass is 10.3. The van der Waals surface area contributed by atoms with Gasteiger partial charge in [-0.15, -0.1) is 0 Å². The smallest absolute Gasteiger partial charge is 0.176 e. The Bertz CT molecular complexity index is 337. The second-order valence-corrected chi connectivity index (χ2v) is 2.76. The molecule has 2 N–H and O–H groups in total. The second-order valence-electron chi connectivity index (χ2n) is 2.76. The standard InChI is InChI=1S/C9H13N5/c1-4-9(14(2)3)13-8(6-11)7(12)5-10/h4,12H2,1-3H3/b8-7-,13-9?. The summed E-state index contributed by atoms with van der Waals surface area (Å²) in [6, 6.07) is 3.48. The molecule has 0 saturated carbocycles. The van der Waals surface area contributed by atoms with E-state index in [-0.39, 0.29) is 11.4 Å². The predicted molar refractivity (Wildman–Crippen MR) is 53.9 cm³/mol. The van der Waals surface area contributed by atoms with E-state index in [0.29, 0.717) is 12.3 Å². The van der Waals surface area contributed by atoms with Crippen molar-refractivity contribution in [3.63, 3.8) is 0 Å². The van der Waals surface area contributed by atoms with Gasteiger partial charge in [0.2, 0.25) is 0 Å². The summed E-state index contributed by atoms with van der Waals surface area (Å²) in [6.07, 6.45) is 0.677. The van der Waals surface area contributed by atoms with E-state index in [0.717, 1.165) is 0 Å². The normalized spacial score (nSPS) is 12.5. The van der Waals surface area contributed by atoms with E-state index < -0.39 is 0 Å². The van der Waals surface area contributed by atoms with Crippen LogP contribution in [0.1, 0.15) is 13.3 Å². The van der Waals surface area contributed by atoms with Crippen molar-refractivity contribution in [3.8, 4) is 12.1 Å². The van der Waals surface area contributed by atoms with Gasteiger partial charge in [-0.1, -0.05) is 6.92 Å². The first kappa shape index (κ1) is 12.0. The fourth-order valence-corrected chi connectivity index (χ4v) is 0.823. The monoisotopic (exact) mass is 191 g/mol. The molecular weight excluding hydrogens is 178 g/mol. The topological polar surface area (TPSA) is 89.2 Å². The number of rotatable bonds is 2. The molecule has 0 aromatic carbocycles. The van der Waals surface area contributed by atoms with E-state index in [4.69, 9.17) is 16.3 Å². The van der Waals surface area contributed by atoms with Crippen molar-refractivity contribution in [1.82, 2.24) is 4.90 Å². The van der Waals surface area contributed by atoms with Gasteiger partial charge in [-0.3, -0.25) is 0 Å². The van der Waals surface area contributed by atoms with Crippen LogP contribution in [0, 0.1) is 22.7 Å². The lowest BCUT2D eigenvalue weighted by Crippen LogP contribution is -2.21. The molecule has 14 heavy (non-hydrogen) atoms. The molecule has 5 heteroatoms. The first-order chi connectivity index (χ1) is 6.56. The highest BCUT2D eigenvalue weighted by Crippen LogP contribution is 2.02. The van der Waals surface area contributed by atoms with E-state index in [1.165, 1.54) is 0 Å². The third kappa shape index (κ3) is 3.16. The maximum absolute atomic E-state index is 8.69. The fourth-order valence-electron chi connectivity index (χ4n) is 0.823. The van der Waals surface area contributed by atoms with Crippen LogP contribution < -0.4 is 5.73 Å². The number of nitrogens with two attached hydrogens (primary N) is 1. The van der Waals surface area contributed by atoms with Crippen molar-refractivity contribution < 1.29 is 0 Å². The Morgan fingerprint density at radius 1 is 1.36 bits per heavy atom. The highest BCUT2D eigenvalue weighted by molar-refractivity contribution is 5.83. The Labute approximate surface area is 83.7 Å². The first-order valence-electron chi connectivity index (χ1n) is 4.11. The molecule has 0 unspecified atom stereocenters. The van der Waals surface area contributed by atoms with Crippen LogP contribution in [0.2, 0.25) is 0 Å². The van der Waals surface area contributed by atoms with Crippen LogP contribution in [0.5, 0.6) is 0 Å². The summed E-state index contributed by atoms with van der Waals surface area (Å²) in [4.78, 5) is 5.78. The molecule has 0 fully saturated rings. The number of aliphatic imine (C=N–C) groups is 1. The third-order valence-corrected chi connectivity index (χ3v) is 1.55. The Balaban J connectivity index is 5.15. The minimum absolute atomic E-state index is 0.0296. The molecule has 0 spiro atoms. The van der Waals surface area contributed by atoms with Gasteiger partial charge in [-0.25, -0.2) is 4.99 Å². The SMILES string of the molecule is CCC(=N/C(C#N)=C(\N)C#N)N(C)C. The molecule has 0 aliphatic carbocycles. The molecule has 0 radical (unpaired) electrons. The van der Waals surface area contributed by atoms with Gasteiger partial charge >= 0.3 is 0 Å². The zero-order chi connectivity index (χ0) is 11.1. The predicted octanol–water partition coefficient (Wildman–Crippen LogP) is 0.574. The quantitative estimate of drug-likeness (QED) is 0.392. The summed E-state index contributed by atoms with van der Waals surface area (Å²) < 4.78 is 0. The van der Waals surface area contributed by atoms with Crippen molar-refractivity contribution in [2.24, 2.45) is 10.7 Å². The minimum atomic E-state index is -0.152. The van der Waals surface area contributed by atoms with Gasteiger partial charge in [0.05, 0.1) is 0 Å². The van der Waals surface area contributed by atoms with E-state index in [2.05, 4.69) is 4.99 Å². The molecule has 0 aromatic heterocycles. The average Bonchev–Trinajstić information content (AvgIpc) is 2.18. The Kier molecular flexibility index (Phi) is 4.80. The molecule has 0 aromatic rings. The largest absolute Gasteiger partial charge is 0.388 e. The first-order valence-corrected chi connectivity index (χ1v) is 4.11. The van der Waals surface area contributed by atoms with Crippen LogP contribution >= 0.6 is 0 Å². The van der Waals surface area contributed by atoms with Crippen LogP contribution in [0.25, 0.3) is 0 Å². The van der Waals surface area contributed by atoms with Crippen molar-refractivity contribution >= 4 is 5.84 Å². The van der Waals surface area contributed by atoms with Gasteiger partial charge in [0, 0.05) is 20.5 Å². The van der Waals surface area contributed by atoms with Crippen LogP contribution in [-0.2, 0) is 0 Å². The molecule has 74 valence electrons. The van der Waals surface area contributed by atoms with Crippen molar-refractivity contribution in [2.45, 2.75) is 13.3 Å². The number of amidine groups is 1. The minimum Gasteiger partial charge on any atom is -0.388 e. The van der Waals surface area contributed by atoms with Crippen LogP contribution in [0.4, 0.5) is 0 Å². The summed E-state index contributed by atoms with van der Waals surface area (Å²) in [6.45, 7) is 1.91. The Hall–Kier alpha value is -2.01. The number of hydrogen-bond donors (Lipinski definition) is 1. The maximum Gasteiger partial charge on any atom is 0.176 e. The Morgan fingerprint density at radius 3 is 2.21 bits per heavy atom. The van der Waals surface area contributed by atoms with Crippen molar-refractivity contribution in [1.29, 1.82) is 10.5 Å². The number of hydrogen-bond acceptors (Lipinski definition) is 4. The molecule has 0 aliphatic rings. The third-order valence-electron chi connectivity index (χ3n) is 1.55. The molecule has 0 saturated heterocycles. The number of allylic oxidation sites excluding steroid dienone is 2. The summed E-state index contributed by atoms with van der Waals surface area (Å²) in [5, 5.41) is 17.2. The van der Waals surface area contributed by atoms with Gasteiger partial charge in [0.15, 0.2) is 5.70 Å². The zero-order valence-electron chi connectivity index (χ0n) is 8.57. The van der Waals surface area contributed by atoms with Gasteiger partial charge in [0.1, 0.15) is 23.7 Å². The van der Waals surface area contributed by atoms with Gasteiger partial charge < -0.3 is 10.6 Å². The molecule has 0 amide bonds. The molecule has 0 atom stereocenters. The second kappa shape index (κ2) is 5.60. The lowest BCUT2D eigenvalue weighted by Gasteiger charge is -2.13. The lowest BCUT2D eigenvalue weighted by molar-refractivity contribution is 0.606. The van der Waals surface area contributed by atoms with Gasteiger partial charge in [-0.05, 0) is 0 Å². The molecular formula is C9H13N5. The summed E-state index contributed by atoms with van der Waals surface area (Å²) in [5.41, 5.74) is 5.12. The number of nitriles is 2. The van der Waals surface area contributed by atoms with E-state index in [1.54, 1.807) is 17.0 Å². The maximum atomic E-state index is 8.69. The molecule has 5 nitrogen and oxygen atoms in total. The average molecular weight is 191 g/mol. The van der Waals surface area contributed by atoms with E-state index >= 15 is 0 Å². The summed E-state index contributed by atoms with van der Waals surface area (Å²) in [7, 11) is 3.64. The number of nitrogens with zero attached hydrogens (tertiary/aromatic N) is 4. The van der Waals surface area contributed by atoms with Crippen LogP contribution in [-0.4, -0.2) is 24.8 Å². The van der Waals surface area contributed by atoms with Crippen LogP contribution in [0.15, 0.2) is 16.4 Å². The van der Waals surface area contributed by atoms with Gasteiger partial charge in [-0.2, -0.15) is 10.5 Å². The van der Waals surface area contributed by atoms with Crippen molar-refractivity contribution in [2.75, 3.05) is 14.1 Å².